The van der Waals surface area contributed by atoms with Crippen molar-refractivity contribution in [3.8, 4) is 5.75 Å². The van der Waals surface area contributed by atoms with Gasteiger partial charge in [-0.05, 0) is 25.0 Å². The summed E-state index contributed by atoms with van der Waals surface area (Å²) in [6.07, 6.45) is 2.17. The number of carbonyl (C=O) groups excluding carboxylic acids is 1. The summed E-state index contributed by atoms with van der Waals surface area (Å²) in [6, 6.07) is 7.17. The third kappa shape index (κ3) is 3.20. The van der Waals surface area contributed by atoms with E-state index in [1.54, 1.807) is 12.1 Å². The lowest BCUT2D eigenvalue weighted by molar-refractivity contribution is -0.132. The maximum Gasteiger partial charge on any atom is 0.260 e. The van der Waals surface area contributed by atoms with E-state index in [0.717, 1.165) is 31.5 Å². The molecule has 96 valence electrons. The number of benzene rings is 1. The Balaban J connectivity index is 1.91. The molecule has 1 aromatic rings. The fourth-order valence-corrected chi connectivity index (χ4v) is 2.07. The molecule has 1 aliphatic heterocycles. The minimum absolute atomic E-state index is 0.0354. The molecule has 1 saturated heterocycles. The summed E-state index contributed by atoms with van der Waals surface area (Å²) in [5.74, 6) is 0.654. The van der Waals surface area contributed by atoms with Crippen LogP contribution in [0.4, 0.5) is 0 Å². The molecule has 1 aliphatic rings. The highest BCUT2D eigenvalue weighted by Gasteiger charge is 2.18. The van der Waals surface area contributed by atoms with E-state index in [2.05, 4.69) is 0 Å². The minimum Gasteiger partial charge on any atom is -0.484 e. The molecule has 18 heavy (non-hydrogen) atoms. The highest BCUT2D eigenvalue weighted by atomic mass is 32.1. The van der Waals surface area contributed by atoms with E-state index in [-0.39, 0.29) is 12.5 Å². The summed E-state index contributed by atoms with van der Waals surface area (Å²) in [5, 5.41) is 0. The number of thiocarbonyl (C=S) groups is 1. The van der Waals surface area contributed by atoms with Crippen molar-refractivity contribution in [2.75, 3.05) is 19.7 Å². The maximum atomic E-state index is 11.8. The highest BCUT2D eigenvalue weighted by Crippen LogP contribution is 2.14. The van der Waals surface area contributed by atoms with E-state index in [9.17, 15) is 4.79 Å². The molecule has 0 saturated carbocycles. The summed E-state index contributed by atoms with van der Waals surface area (Å²) < 4.78 is 5.46. The zero-order chi connectivity index (χ0) is 13.0. The minimum atomic E-state index is 0.0354. The molecule has 1 fully saturated rings. The predicted octanol–water partition coefficient (Wildman–Crippen LogP) is 1.32. The zero-order valence-corrected chi connectivity index (χ0v) is 10.9. The van der Waals surface area contributed by atoms with Gasteiger partial charge in [0.05, 0.1) is 0 Å². The Bertz CT molecular complexity index is 456. The molecule has 5 heteroatoms. The molecule has 0 aliphatic carbocycles. The summed E-state index contributed by atoms with van der Waals surface area (Å²) in [4.78, 5) is 13.9. The third-order valence-electron chi connectivity index (χ3n) is 2.94. The number of nitrogens with zero attached hydrogens (tertiary/aromatic N) is 1. The third-order valence-corrected chi connectivity index (χ3v) is 3.18. The van der Waals surface area contributed by atoms with Crippen molar-refractivity contribution in [3.63, 3.8) is 0 Å². The highest BCUT2D eigenvalue weighted by molar-refractivity contribution is 7.80. The van der Waals surface area contributed by atoms with Crippen LogP contribution in [0.2, 0.25) is 0 Å². The molecular formula is C13H16N2O2S. The van der Waals surface area contributed by atoms with Gasteiger partial charge >= 0.3 is 0 Å². The molecule has 0 bridgehead atoms. The van der Waals surface area contributed by atoms with Gasteiger partial charge in [-0.15, -0.1) is 0 Å². The first-order valence-corrected chi connectivity index (χ1v) is 6.38. The van der Waals surface area contributed by atoms with Gasteiger partial charge in [0.15, 0.2) is 6.61 Å². The van der Waals surface area contributed by atoms with Gasteiger partial charge in [0.2, 0.25) is 0 Å². The molecule has 1 aromatic carbocycles. The van der Waals surface area contributed by atoms with E-state index in [0.29, 0.717) is 10.7 Å². The molecule has 0 spiro atoms. The molecule has 0 radical (unpaired) electrons. The number of hydrogen-bond acceptors (Lipinski definition) is 3. The van der Waals surface area contributed by atoms with E-state index < -0.39 is 0 Å². The molecule has 0 atom stereocenters. The maximum absolute atomic E-state index is 11.8. The SMILES string of the molecule is NC(=S)c1cccc(OCC(=O)N2CCCC2)c1. The molecule has 2 N–H and O–H groups in total. The number of rotatable bonds is 4. The molecule has 2 rings (SSSR count). The van der Waals surface area contributed by atoms with Crippen LogP contribution in [0.5, 0.6) is 5.75 Å². The molecule has 1 heterocycles. The molecule has 0 aromatic heterocycles. The summed E-state index contributed by atoms with van der Waals surface area (Å²) in [7, 11) is 0. The van der Waals surface area contributed by atoms with Crippen molar-refractivity contribution in [1.29, 1.82) is 0 Å². The molecular weight excluding hydrogens is 248 g/mol. The van der Waals surface area contributed by atoms with Crippen molar-refractivity contribution in [2.24, 2.45) is 5.73 Å². The van der Waals surface area contributed by atoms with E-state index >= 15 is 0 Å². The number of ether oxygens (including phenoxy) is 1. The average molecular weight is 264 g/mol. The van der Waals surface area contributed by atoms with Gasteiger partial charge in [-0.2, -0.15) is 0 Å². The van der Waals surface area contributed by atoms with Gasteiger partial charge in [0.1, 0.15) is 10.7 Å². The van der Waals surface area contributed by atoms with Gasteiger partial charge in [-0.3, -0.25) is 4.79 Å². The first-order valence-electron chi connectivity index (χ1n) is 5.97. The van der Waals surface area contributed by atoms with Crippen molar-refractivity contribution in [3.05, 3.63) is 29.8 Å². The smallest absolute Gasteiger partial charge is 0.260 e. The summed E-state index contributed by atoms with van der Waals surface area (Å²) in [5.41, 5.74) is 6.29. The van der Waals surface area contributed by atoms with Gasteiger partial charge in [0.25, 0.3) is 5.91 Å². The number of hydrogen-bond donors (Lipinski definition) is 1. The van der Waals surface area contributed by atoms with Crippen molar-refractivity contribution >= 4 is 23.1 Å². The van der Waals surface area contributed by atoms with Crippen LogP contribution in [0.15, 0.2) is 24.3 Å². The van der Waals surface area contributed by atoms with Crippen LogP contribution in [0.3, 0.4) is 0 Å². The summed E-state index contributed by atoms with van der Waals surface area (Å²) in [6.45, 7) is 1.75. The number of carbonyl (C=O) groups is 1. The van der Waals surface area contributed by atoms with Gasteiger partial charge in [-0.1, -0.05) is 24.4 Å². The largest absolute Gasteiger partial charge is 0.484 e. The number of likely N-dealkylation sites (tertiary alicyclic amines) is 1. The van der Waals surface area contributed by atoms with Crippen LogP contribution >= 0.6 is 12.2 Å². The fraction of sp³-hybridized carbons (Fsp3) is 0.385. The topological polar surface area (TPSA) is 55.6 Å². The van der Waals surface area contributed by atoms with E-state index in [1.807, 2.05) is 17.0 Å². The van der Waals surface area contributed by atoms with Crippen LogP contribution in [0, 0.1) is 0 Å². The average Bonchev–Trinajstić information content (AvgIpc) is 2.90. The second kappa shape index (κ2) is 5.82. The number of amides is 1. The Morgan fingerprint density at radius 1 is 1.39 bits per heavy atom. The summed E-state index contributed by atoms with van der Waals surface area (Å²) >= 11 is 4.89. The van der Waals surface area contributed by atoms with E-state index in [1.165, 1.54) is 0 Å². The lowest BCUT2D eigenvalue weighted by Crippen LogP contribution is -2.32. The Morgan fingerprint density at radius 2 is 2.11 bits per heavy atom. The molecule has 4 nitrogen and oxygen atoms in total. The number of nitrogens with two attached hydrogens (primary N) is 1. The lowest BCUT2D eigenvalue weighted by atomic mass is 10.2. The Hall–Kier alpha value is -1.62. The van der Waals surface area contributed by atoms with Crippen LogP contribution in [-0.4, -0.2) is 35.5 Å². The monoisotopic (exact) mass is 264 g/mol. The zero-order valence-electron chi connectivity index (χ0n) is 10.1. The van der Waals surface area contributed by atoms with Crippen LogP contribution in [0.1, 0.15) is 18.4 Å². The van der Waals surface area contributed by atoms with Gasteiger partial charge < -0.3 is 15.4 Å². The van der Waals surface area contributed by atoms with Gasteiger partial charge in [0, 0.05) is 18.7 Å². The Morgan fingerprint density at radius 3 is 2.78 bits per heavy atom. The quantitative estimate of drug-likeness (QED) is 0.833. The first-order chi connectivity index (χ1) is 8.66. The van der Waals surface area contributed by atoms with Crippen molar-refractivity contribution in [2.45, 2.75) is 12.8 Å². The van der Waals surface area contributed by atoms with E-state index in [4.69, 9.17) is 22.7 Å². The normalized spacial score (nSPS) is 14.6. The van der Waals surface area contributed by atoms with Crippen molar-refractivity contribution in [1.82, 2.24) is 4.90 Å². The van der Waals surface area contributed by atoms with Crippen LogP contribution < -0.4 is 10.5 Å². The Labute approximate surface area is 112 Å². The van der Waals surface area contributed by atoms with Crippen molar-refractivity contribution < 1.29 is 9.53 Å². The standard InChI is InChI=1S/C13H16N2O2S/c14-13(18)10-4-3-5-11(8-10)17-9-12(16)15-6-1-2-7-15/h3-5,8H,1-2,6-7,9H2,(H2,14,18). The fourth-order valence-electron chi connectivity index (χ4n) is 1.94. The van der Waals surface area contributed by atoms with Crippen LogP contribution in [-0.2, 0) is 4.79 Å². The Kier molecular flexibility index (Phi) is 4.15. The molecule has 0 unspecified atom stereocenters. The van der Waals surface area contributed by atoms with Gasteiger partial charge in [-0.25, -0.2) is 0 Å². The molecule has 1 amide bonds. The second-order valence-electron chi connectivity index (χ2n) is 4.27. The predicted molar refractivity (Wildman–Crippen MR) is 73.6 cm³/mol. The lowest BCUT2D eigenvalue weighted by Gasteiger charge is -2.15. The van der Waals surface area contributed by atoms with Crippen LogP contribution in [0.25, 0.3) is 0 Å². The first kappa shape index (κ1) is 12.8. The second-order valence-corrected chi connectivity index (χ2v) is 4.71.